The number of pyridine rings is 1. The highest BCUT2D eigenvalue weighted by Gasteiger charge is 2.51. The van der Waals surface area contributed by atoms with Crippen molar-refractivity contribution in [2.45, 2.75) is 129 Å². The summed E-state index contributed by atoms with van der Waals surface area (Å²) in [6.07, 6.45) is 18.2. The molecule has 6 N–H and O–H groups in total. The van der Waals surface area contributed by atoms with Gasteiger partial charge in [-0.25, -0.2) is 9.97 Å². The molecular formula is C61H71N11O5S. The molecule has 1 unspecified atom stereocenters. The Bertz CT molecular complexity index is 3220. The Morgan fingerprint density at radius 1 is 0.808 bits per heavy atom. The molecule has 6 aliphatic rings. The van der Waals surface area contributed by atoms with E-state index in [4.69, 9.17) is 15.5 Å². The molecule has 3 aromatic heterocycles. The predicted molar refractivity (Wildman–Crippen MR) is 306 cm³/mol. The number of benzene rings is 3. The number of thiazole rings is 1. The second-order valence-electron chi connectivity index (χ2n) is 22.8. The van der Waals surface area contributed by atoms with E-state index in [0.29, 0.717) is 77.0 Å². The molecule has 0 radical (unpaired) electrons. The number of amides is 5. The summed E-state index contributed by atoms with van der Waals surface area (Å²) in [6, 6.07) is 23.1. The molecule has 78 heavy (non-hydrogen) atoms. The fraction of sp³-hybridized carbons (Fsp3) is 0.459. The molecule has 5 fully saturated rings. The maximum atomic E-state index is 14.5. The highest BCUT2D eigenvalue weighted by Crippen LogP contribution is 2.60. The summed E-state index contributed by atoms with van der Waals surface area (Å²) in [5, 5.41) is 28.9. The third kappa shape index (κ3) is 11.5. The van der Waals surface area contributed by atoms with Gasteiger partial charge in [-0.2, -0.15) is 5.10 Å². The van der Waals surface area contributed by atoms with Gasteiger partial charge in [0.1, 0.15) is 11.5 Å². The van der Waals surface area contributed by atoms with Gasteiger partial charge in [0, 0.05) is 85.4 Å². The van der Waals surface area contributed by atoms with E-state index in [0.717, 1.165) is 114 Å². The number of nitrogens with zero attached hydrogens (tertiary/aromatic N) is 5. The number of imide groups is 1. The number of nitrogens with one attached hydrogen (secondary N) is 6. The standard InChI is InChI=1S/C61H71N11O5S/c1-37-47(34-65-72(37)36-61-31-38-27-39(32-61)29-40(28-38)33-61)43-20-22-52(71-26-24-41-13-12-14-44(48(41)35-71)57(75)70-60-67-49-15-9-10-16-51(49)78-60)68-56(43)59(77)64-25-11-7-5-3-4-6-8-17-53(73)66-42-18-19-45(50(30-42)63-2)55(62)46-21-23-54(74)69-58(46)76/h9-10,12-16,18-20,22,30,34,38-40,46,62-63H,3-8,11,17,21,23-29,31-33,35-36H2,1-2H3,(H,64,77)(H,66,73)(H,67,70,75)(H,69,74,76). The number of para-hydroxylation sites is 1. The van der Waals surface area contributed by atoms with Crippen LogP contribution in [-0.2, 0) is 33.9 Å². The van der Waals surface area contributed by atoms with E-state index >= 15 is 0 Å². The molecule has 5 amide bonds. The van der Waals surface area contributed by atoms with Crippen LogP contribution in [0.4, 0.5) is 22.3 Å². The van der Waals surface area contributed by atoms with E-state index in [9.17, 15) is 24.0 Å². The van der Waals surface area contributed by atoms with Crippen molar-refractivity contribution < 1.29 is 24.0 Å². The Morgan fingerprint density at radius 2 is 1.56 bits per heavy atom. The van der Waals surface area contributed by atoms with E-state index < -0.39 is 11.8 Å². The lowest BCUT2D eigenvalue weighted by Gasteiger charge is -2.56. The number of hydrogen-bond donors (Lipinski definition) is 6. The molecule has 5 heterocycles. The van der Waals surface area contributed by atoms with Crippen molar-refractivity contribution in [3.05, 3.63) is 113 Å². The lowest BCUT2D eigenvalue weighted by atomic mass is 9.49. The minimum atomic E-state index is -0.702. The largest absolute Gasteiger partial charge is 0.388 e. The topological polar surface area (TPSA) is 216 Å². The molecule has 17 heteroatoms. The summed E-state index contributed by atoms with van der Waals surface area (Å²) in [4.78, 5) is 77.3. The lowest BCUT2D eigenvalue weighted by Crippen LogP contribution is -2.48. The van der Waals surface area contributed by atoms with Crippen molar-refractivity contribution in [1.29, 1.82) is 5.41 Å². The first kappa shape index (κ1) is 52.8. The van der Waals surface area contributed by atoms with Crippen molar-refractivity contribution in [3.63, 3.8) is 0 Å². The van der Waals surface area contributed by atoms with E-state index in [1.165, 1.54) is 49.9 Å². The number of aromatic nitrogens is 4. The molecule has 406 valence electrons. The van der Waals surface area contributed by atoms with E-state index in [2.05, 4.69) is 54.1 Å². The molecule has 4 bridgehead atoms. The molecule has 1 atom stereocenters. The average molecular weight is 1070 g/mol. The highest BCUT2D eigenvalue weighted by atomic mass is 32.1. The van der Waals surface area contributed by atoms with Crippen molar-refractivity contribution in [2.24, 2.45) is 29.1 Å². The maximum absolute atomic E-state index is 14.5. The van der Waals surface area contributed by atoms with Crippen molar-refractivity contribution >= 4 is 79.1 Å². The predicted octanol–water partition coefficient (Wildman–Crippen LogP) is 10.8. The molecule has 4 aliphatic carbocycles. The zero-order valence-corrected chi connectivity index (χ0v) is 45.7. The summed E-state index contributed by atoms with van der Waals surface area (Å²) < 4.78 is 3.22. The fourth-order valence-electron chi connectivity index (χ4n) is 13.8. The first-order valence-electron chi connectivity index (χ1n) is 28.3. The van der Waals surface area contributed by atoms with Gasteiger partial charge in [0.2, 0.25) is 17.7 Å². The zero-order chi connectivity index (χ0) is 53.9. The van der Waals surface area contributed by atoms with Crippen molar-refractivity contribution in [1.82, 2.24) is 30.4 Å². The Hall–Kier alpha value is -7.27. The van der Waals surface area contributed by atoms with E-state index in [1.54, 1.807) is 25.2 Å². The number of piperidine rings is 1. The third-order valence-corrected chi connectivity index (χ3v) is 18.3. The van der Waals surface area contributed by atoms with E-state index in [-0.39, 0.29) is 35.8 Å². The molecule has 2 aliphatic heterocycles. The van der Waals surface area contributed by atoms with Crippen LogP contribution < -0.4 is 31.5 Å². The fourth-order valence-corrected chi connectivity index (χ4v) is 14.7. The van der Waals surface area contributed by atoms with Gasteiger partial charge in [0.05, 0.1) is 28.0 Å². The number of anilines is 4. The van der Waals surface area contributed by atoms with Gasteiger partial charge >= 0.3 is 0 Å². The van der Waals surface area contributed by atoms with Crippen molar-refractivity contribution in [2.75, 3.05) is 41.0 Å². The minimum Gasteiger partial charge on any atom is -0.388 e. The number of fused-ring (bicyclic) bond motifs is 2. The van der Waals surface area contributed by atoms with Gasteiger partial charge in [-0.3, -0.25) is 39.3 Å². The Balaban J connectivity index is 0.695. The number of unbranched alkanes of at least 4 members (excludes halogenated alkanes) is 6. The smallest absolute Gasteiger partial charge is 0.270 e. The molecule has 12 rings (SSSR count). The number of carbonyl (C=O) groups is 5. The molecule has 3 aromatic carbocycles. The Morgan fingerprint density at radius 3 is 2.32 bits per heavy atom. The normalized spacial score (nSPS) is 21.3. The summed E-state index contributed by atoms with van der Waals surface area (Å²) in [6.45, 7) is 4.74. The monoisotopic (exact) mass is 1070 g/mol. The highest BCUT2D eigenvalue weighted by molar-refractivity contribution is 7.22. The van der Waals surface area contributed by atoms with Crippen LogP contribution in [-0.4, -0.2) is 75.1 Å². The van der Waals surface area contributed by atoms with Gasteiger partial charge in [-0.15, -0.1) is 0 Å². The quantitative estimate of drug-likeness (QED) is 0.0228. The minimum absolute atomic E-state index is 0.0811. The zero-order valence-electron chi connectivity index (χ0n) is 44.8. The Kier molecular flexibility index (Phi) is 15.5. The van der Waals surface area contributed by atoms with Crippen LogP contribution >= 0.6 is 11.3 Å². The summed E-state index contributed by atoms with van der Waals surface area (Å²) in [5.74, 6) is 1.27. The van der Waals surface area contributed by atoms with E-state index in [1.807, 2.05) is 54.7 Å². The van der Waals surface area contributed by atoms with Gasteiger partial charge < -0.3 is 26.3 Å². The van der Waals surface area contributed by atoms with Crippen LogP contribution in [0, 0.1) is 41.4 Å². The SMILES string of the molecule is CNc1cc(NC(=O)CCCCCCCCCNC(=O)c2nc(N3CCc4cccc(C(=O)Nc5nc6ccccc6s5)c4C3)ccc2-c2cnn(CC34CC5CC(CC(C5)C3)C4)c2C)ccc1C(=N)C1CCC(=O)NC1=O. The lowest BCUT2D eigenvalue weighted by molar-refractivity contribution is -0.134. The van der Waals surface area contributed by atoms with Crippen LogP contribution in [0.5, 0.6) is 0 Å². The summed E-state index contributed by atoms with van der Waals surface area (Å²) in [7, 11) is 1.73. The van der Waals surface area contributed by atoms with Crippen LogP contribution in [0.3, 0.4) is 0 Å². The third-order valence-electron chi connectivity index (χ3n) is 17.3. The van der Waals surface area contributed by atoms with Gasteiger partial charge in [0.25, 0.3) is 11.8 Å². The maximum Gasteiger partial charge on any atom is 0.270 e. The number of carbonyl (C=O) groups excluding carboxylic acids is 5. The van der Waals surface area contributed by atoms with Crippen LogP contribution in [0.1, 0.15) is 146 Å². The molecule has 1 saturated heterocycles. The molecular weight excluding hydrogens is 999 g/mol. The summed E-state index contributed by atoms with van der Waals surface area (Å²) in [5.41, 5.74) is 8.91. The number of rotatable bonds is 21. The molecule has 0 spiro atoms. The van der Waals surface area contributed by atoms with Gasteiger partial charge in [0.15, 0.2) is 5.13 Å². The van der Waals surface area contributed by atoms with Crippen molar-refractivity contribution in [3.8, 4) is 11.1 Å². The second-order valence-corrected chi connectivity index (χ2v) is 23.8. The molecule has 4 saturated carbocycles. The van der Waals surface area contributed by atoms with Crippen LogP contribution in [0.25, 0.3) is 21.3 Å². The summed E-state index contributed by atoms with van der Waals surface area (Å²) >= 11 is 1.46. The van der Waals surface area contributed by atoms with Gasteiger partial charge in [-0.05, 0) is 154 Å². The molecule has 16 nitrogen and oxygen atoms in total. The Labute approximate surface area is 459 Å². The molecule has 6 aromatic rings. The first-order valence-corrected chi connectivity index (χ1v) is 29.1. The van der Waals surface area contributed by atoms with Crippen LogP contribution in [0.2, 0.25) is 0 Å². The first-order chi connectivity index (χ1) is 37.9. The van der Waals surface area contributed by atoms with Gasteiger partial charge in [-0.1, -0.05) is 67.7 Å². The van der Waals surface area contributed by atoms with Crippen LogP contribution in [0.15, 0.2) is 79.0 Å². The second kappa shape index (κ2) is 23.0. The average Bonchev–Trinajstić information content (AvgIpc) is 4.16. The number of hydrogen-bond acceptors (Lipinski definition) is 12.